The minimum atomic E-state index is -0.143. The minimum Gasteiger partial charge on any atom is -0.481 e. The quantitative estimate of drug-likeness (QED) is 0.103. The highest BCUT2D eigenvalue weighted by atomic mass is 35.5. The van der Waals surface area contributed by atoms with E-state index in [0.717, 1.165) is 44.8 Å². The Labute approximate surface area is 298 Å². The van der Waals surface area contributed by atoms with E-state index < -0.39 is 0 Å². The van der Waals surface area contributed by atoms with Crippen molar-refractivity contribution in [2.45, 2.75) is 26.2 Å². The molecule has 0 fully saturated rings. The second-order valence-corrected chi connectivity index (χ2v) is 12.1. The van der Waals surface area contributed by atoms with Gasteiger partial charge in [-0.25, -0.2) is 9.97 Å². The van der Waals surface area contributed by atoms with Crippen molar-refractivity contribution < 1.29 is 9.47 Å². The normalized spacial score (nSPS) is 11.0. The number of rotatable bonds is 13. The third-order valence-electron chi connectivity index (χ3n) is 8.02. The number of aromatic amines is 2. The number of nitrogens with one attached hydrogen (secondary N) is 4. The highest BCUT2D eigenvalue weighted by Crippen LogP contribution is 2.42. The lowest BCUT2D eigenvalue weighted by atomic mass is 9.98. The fourth-order valence-electron chi connectivity index (χ4n) is 5.59. The fourth-order valence-corrected chi connectivity index (χ4v) is 6.24. The van der Waals surface area contributed by atoms with E-state index >= 15 is 0 Å². The first-order valence-electron chi connectivity index (χ1n) is 15.8. The van der Waals surface area contributed by atoms with Gasteiger partial charge in [0.15, 0.2) is 0 Å². The highest BCUT2D eigenvalue weighted by molar-refractivity contribution is 6.39. The van der Waals surface area contributed by atoms with E-state index in [9.17, 15) is 9.59 Å². The molecule has 0 saturated heterocycles. The first-order chi connectivity index (χ1) is 24.3. The van der Waals surface area contributed by atoms with Crippen LogP contribution >= 0.6 is 23.2 Å². The molecule has 0 saturated carbocycles. The average Bonchev–Trinajstić information content (AvgIpc) is 3.12. The van der Waals surface area contributed by atoms with Gasteiger partial charge < -0.3 is 30.1 Å². The maximum Gasteiger partial charge on any atom is 0.248 e. The zero-order chi connectivity index (χ0) is 35.0. The maximum atomic E-state index is 11.6. The van der Waals surface area contributed by atoms with E-state index in [2.05, 4.69) is 20.6 Å². The van der Waals surface area contributed by atoms with Crippen molar-refractivity contribution in [1.29, 1.82) is 0 Å². The van der Waals surface area contributed by atoms with Crippen LogP contribution in [-0.4, -0.2) is 34.2 Å². The van der Waals surface area contributed by atoms with E-state index in [4.69, 9.17) is 42.6 Å². The summed E-state index contributed by atoms with van der Waals surface area (Å²) in [6, 6.07) is 29.3. The molecule has 254 valence electrons. The van der Waals surface area contributed by atoms with Crippen molar-refractivity contribution in [3.63, 3.8) is 0 Å². The highest BCUT2D eigenvalue weighted by Gasteiger charge is 2.18. The molecule has 0 atom stereocenters. The number of hydrogen-bond donors (Lipinski definition) is 4. The Bertz CT molecular complexity index is 2100. The summed E-state index contributed by atoms with van der Waals surface area (Å²) in [7, 11) is 3.15. The second kappa shape index (κ2) is 16.0. The van der Waals surface area contributed by atoms with Crippen molar-refractivity contribution >= 4 is 23.2 Å². The summed E-state index contributed by atoms with van der Waals surface area (Å²) in [5.74, 6) is 0.929. The molecule has 4 aromatic heterocycles. The smallest absolute Gasteiger partial charge is 0.248 e. The van der Waals surface area contributed by atoms with Gasteiger partial charge in [-0.2, -0.15) is 0 Å². The molecule has 0 amide bonds. The van der Waals surface area contributed by atoms with Gasteiger partial charge in [0.25, 0.3) is 0 Å². The molecule has 4 N–H and O–H groups in total. The maximum absolute atomic E-state index is 11.6. The number of nitrogens with zero attached hydrogens (tertiary/aromatic N) is 2. The van der Waals surface area contributed by atoms with Crippen LogP contribution in [0.2, 0.25) is 10.0 Å². The van der Waals surface area contributed by atoms with E-state index in [-0.39, 0.29) is 11.1 Å². The molecular weight excluding hydrogens is 675 g/mol. The Balaban J connectivity index is 1.22. The number of H-pyrrole nitrogens is 2. The van der Waals surface area contributed by atoms with Gasteiger partial charge in [-0.05, 0) is 24.3 Å². The summed E-state index contributed by atoms with van der Waals surface area (Å²) in [5, 5.41) is 7.62. The van der Waals surface area contributed by atoms with Gasteiger partial charge in [-0.1, -0.05) is 83.9 Å². The second-order valence-electron chi connectivity index (χ2n) is 11.4. The number of benzene rings is 2. The zero-order valence-electron chi connectivity index (χ0n) is 27.3. The molecule has 6 rings (SSSR count). The number of pyridine rings is 4. The first-order valence-corrected chi connectivity index (χ1v) is 16.5. The van der Waals surface area contributed by atoms with Gasteiger partial charge in [0, 0.05) is 83.1 Å². The number of aromatic nitrogens is 4. The van der Waals surface area contributed by atoms with Gasteiger partial charge in [0.2, 0.25) is 22.9 Å². The molecule has 0 unspecified atom stereocenters. The Morgan fingerprint density at radius 1 is 0.540 bits per heavy atom. The predicted molar refractivity (Wildman–Crippen MR) is 197 cm³/mol. The van der Waals surface area contributed by atoms with Crippen molar-refractivity contribution in [2.24, 2.45) is 0 Å². The van der Waals surface area contributed by atoms with E-state index in [1.165, 1.54) is 12.1 Å². The average molecular weight is 710 g/mol. The number of methoxy groups -OCH3 is 2. The Kier molecular flexibility index (Phi) is 11.0. The third kappa shape index (κ3) is 7.96. The summed E-state index contributed by atoms with van der Waals surface area (Å²) < 4.78 is 11.3. The molecule has 0 aliphatic heterocycles. The van der Waals surface area contributed by atoms with Gasteiger partial charge in [-0.15, -0.1) is 0 Å². The molecule has 6 aromatic rings. The van der Waals surface area contributed by atoms with E-state index in [0.29, 0.717) is 59.4 Å². The van der Waals surface area contributed by atoms with Crippen LogP contribution in [0.5, 0.6) is 11.8 Å². The van der Waals surface area contributed by atoms with Gasteiger partial charge in [-0.3, -0.25) is 9.59 Å². The largest absolute Gasteiger partial charge is 0.481 e. The topological polar surface area (TPSA) is 134 Å². The Morgan fingerprint density at radius 2 is 0.940 bits per heavy atom. The van der Waals surface area contributed by atoms with Crippen LogP contribution in [0, 0.1) is 0 Å². The summed E-state index contributed by atoms with van der Waals surface area (Å²) >= 11 is 14.1. The predicted octanol–water partition coefficient (Wildman–Crippen LogP) is 6.76. The lowest BCUT2D eigenvalue weighted by Gasteiger charge is -2.15. The monoisotopic (exact) mass is 708 g/mol. The zero-order valence-corrected chi connectivity index (χ0v) is 28.9. The fraction of sp³-hybridized carbons (Fsp3) is 0.158. The summed E-state index contributed by atoms with van der Waals surface area (Å²) in [5.41, 5.74) is 7.22. The Hall–Kier alpha value is -5.26. The molecule has 0 aliphatic rings. The third-order valence-corrected chi connectivity index (χ3v) is 8.84. The molecule has 0 aliphatic carbocycles. The minimum absolute atomic E-state index is 0.143. The lowest BCUT2D eigenvalue weighted by molar-refractivity contribution is 0.391. The lowest BCUT2D eigenvalue weighted by Crippen LogP contribution is -2.17. The molecular formula is C38H34Cl2N6O4. The van der Waals surface area contributed by atoms with Crippen LogP contribution in [0.15, 0.2) is 107 Å². The number of halogens is 2. The number of ether oxygens (including phenoxy) is 2. The van der Waals surface area contributed by atoms with Gasteiger partial charge in [0.05, 0.1) is 35.7 Å². The van der Waals surface area contributed by atoms with Crippen LogP contribution in [0.3, 0.4) is 0 Å². The molecule has 4 heterocycles. The van der Waals surface area contributed by atoms with Crippen LogP contribution < -0.4 is 31.2 Å². The van der Waals surface area contributed by atoms with Crippen molar-refractivity contribution in [1.82, 2.24) is 30.6 Å². The SMILES string of the molecule is COc1nc(-c2cccc(-c3cccc(-c4ccc(CNCc5cccc(=O)[nH]5)c(OC)n4)c3Cl)c2Cl)ccc1CNCc1cccc(=O)[nH]1. The van der Waals surface area contributed by atoms with Gasteiger partial charge >= 0.3 is 0 Å². The van der Waals surface area contributed by atoms with Crippen LogP contribution in [0.4, 0.5) is 0 Å². The molecule has 50 heavy (non-hydrogen) atoms. The van der Waals surface area contributed by atoms with Gasteiger partial charge in [0.1, 0.15) is 0 Å². The first kappa shape index (κ1) is 34.6. The molecule has 0 spiro atoms. The molecule has 0 bridgehead atoms. The molecule has 10 nitrogen and oxygen atoms in total. The van der Waals surface area contributed by atoms with Crippen LogP contribution in [0.1, 0.15) is 22.5 Å². The summed E-state index contributed by atoms with van der Waals surface area (Å²) in [4.78, 5) is 38.3. The van der Waals surface area contributed by atoms with Crippen molar-refractivity contribution in [3.05, 3.63) is 150 Å². The van der Waals surface area contributed by atoms with E-state index in [1.54, 1.807) is 26.4 Å². The summed E-state index contributed by atoms with van der Waals surface area (Å²) in [6.45, 7) is 1.93. The number of hydrogen-bond acceptors (Lipinski definition) is 8. The van der Waals surface area contributed by atoms with E-state index in [1.807, 2.05) is 72.8 Å². The standard InChI is InChI=1S/C38H34Cl2N6O4/c1-49-37-23(19-41-21-25-7-3-13-33(47)43-25)15-17-31(45-37)29-11-5-9-27(35(29)39)28-10-6-12-30(36(28)40)32-18-16-24(38(46-32)50-2)20-42-22-26-8-4-14-34(48)44-26/h3-18,41-42H,19-22H2,1-2H3,(H,43,47)(H,44,48). The molecule has 12 heteroatoms. The molecule has 0 radical (unpaired) electrons. The van der Waals surface area contributed by atoms with Crippen LogP contribution in [0.25, 0.3) is 33.6 Å². The molecule has 2 aromatic carbocycles. The Morgan fingerprint density at radius 3 is 1.34 bits per heavy atom. The summed E-state index contributed by atoms with van der Waals surface area (Å²) in [6.07, 6.45) is 0. The van der Waals surface area contributed by atoms with Crippen molar-refractivity contribution in [2.75, 3.05) is 14.2 Å². The van der Waals surface area contributed by atoms with Crippen LogP contribution in [-0.2, 0) is 26.2 Å². The van der Waals surface area contributed by atoms with Crippen molar-refractivity contribution in [3.8, 4) is 45.4 Å².